The van der Waals surface area contributed by atoms with Crippen LogP contribution in [-0.4, -0.2) is 34.2 Å². The van der Waals surface area contributed by atoms with E-state index in [0.29, 0.717) is 10.8 Å². The molecule has 1 aromatic heterocycles. The fourth-order valence-corrected chi connectivity index (χ4v) is 3.32. The number of carbonyl (C=O) groups is 2. The maximum Gasteiger partial charge on any atom is 0.316 e. The highest BCUT2D eigenvalue weighted by Gasteiger charge is 2.11. The monoisotopic (exact) mass is 423 g/mol. The van der Waals surface area contributed by atoms with Crippen molar-refractivity contribution in [2.75, 3.05) is 17.7 Å². The minimum atomic E-state index is -0.495. The van der Waals surface area contributed by atoms with Crippen LogP contribution in [0, 0.1) is 20.8 Å². The number of aryl methyl sites for hydroxylation is 3. The number of carbonyl (C=O) groups excluding carboxylic acids is 2. The van der Waals surface area contributed by atoms with E-state index in [9.17, 15) is 9.59 Å². The Morgan fingerprint density at radius 3 is 2.48 bits per heavy atom. The molecule has 0 aliphatic heterocycles. The standard InChI is InChI=1S/C17H18BrN3O3S/c1-10-4-5-14(13(18)6-10)21-15(22)8-24-16(23)9-25-17-19-11(2)7-12(3)20-17/h4-7H,8-9H2,1-3H3,(H,21,22). The third-order valence-electron chi connectivity index (χ3n) is 3.04. The molecule has 8 heteroatoms. The predicted octanol–water partition coefficient (Wildman–Crippen LogP) is 3.44. The number of hydrogen-bond acceptors (Lipinski definition) is 6. The molecule has 0 atom stereocenters. The maximum atomic E-state index is 11.9. The van der Waals surface area contributed by atoms with Crippen molar-refractivity contribution in [2.45, 2.75) is 25.9 Å². The Hall–Kier alpha value is -1.93. The van der Waals surface area contributed by atoms with Gasteiger partial charge in [0.2, 0.25) is 0 Å². The summed E-state index contributed by atoms with van der Waals surface area (Å²) in [5, 5.41) is 3.20. The van der Waals surface area contributed by atoms with Crippen molar-refractivity contribution >= 4 is 45.3 Å². The smallest absolute Gasteiger partial charge is 0.316 e. The van der Waals surface area contributed by atoms with Gasteiger partial charge in [-0.05, 0) is 60.5 Å². The number of nitrogens with zero attached hydrogens (tertiary/aromatic N) is 2. The summed E-state index contributed by atoms with van der Waals surface area (Å²) < 4.78 is 5.75. The number of rotatable bonds is 6. The van der Waals surface area contributed by atoms with Crippen LogP contribution in [0.1, 0.15) is 17.0 Å². The van der Waals surface area contributed by atoms with Crippen molar-refractivity contribution in [3.63, 3.8) is 0 Å². The van der Waals surface area contributed by atoms with E-state index in [4.69, 9.17) is 4.74 Å². The Morgan fingerprint density at radius 1 is 1.16 bits per heavy atom. The summed E-state index contributed by atoms with van der Waals surface area (Å²) in [5.41, 5.74) is 3.38. The average molecular weight is 424 g/mol. The zero-order chi connectivity index (χ0) is 18.4. The average Bonchev–Trinajstić information content (AvgIpc) is 2.53. The number of anilines is 1. The second-order valence-corrected chi connectivity index (χ2v) is 7.21. The molecule has 0 aliphatic carbocycles. The molecule has 1 heterocycles. The molecule has 6 nitrogen and oxygen atoms in total. The number of esters is 1. The van der Waals surface area contributed by atoms with Crippen LogP contribution >= 0.6 is 27.7 Å². The number of amides is 1. The summed E-state index contributed by atoms with van der Waals surface area (Å²) >= 11 is 4.56. The number of nitrogens with one attached hydrogen (secondary N) is 1. The molecule has 0 saturated heterocycles. The second-order valence-electron chi connectivity index (χ2n) is 5.41. The fraction of sp³-hybridized carbons (Fsp3) is 0.294. The molecular weight excluding hydrogens is 406 g/mol. The van der Waals surface area contributed by atoms with Crippen LogP contribution in [0.5, 0.6) is 0 Å². The number of benzene rings is 1. The van der Waals surface area contributed by atoms with Crippen LogP contribution in [-0.2, 0) is 14.3 Å². The molecule has 0 radical (unpaired) electrons. The molecular formula is C17H18BrN3O3S. The van der Waals surface area contributed by atoms with Crippen molar-refractivity contribution in [2.24, 2.45) is 0 Å². The zero-order valence-corrected chi connectivity index (χ0v) is 16.5. The molecule has 0 aliphatic rings. The molecule has 0 spiro atoms. The maximum absolute atomic E-state index is 11.9. The van der Waals surface area contributed by atoms with Crippen molar-refractivity contribution in [1.82, 2.24) is 9.97 Å². The van der Waals surface area contributed by atoms with Crippen LogP contribution in [0.2, 0.25) is 0 Å². The van der Waals surface area contributed by atoms with Gasteiger partial charge in [-0.2, -0.15) is 0 Å². The van der Waals surface area contributed by atoms with Gasteiger partial charge in [-0.25, -0.2) is 9.97 Å². The quantitative estimate of drug-likeness (QED) is 0.435. The largest absolute Gasteiger partial charge is 0.455 e. The normalized spacial score (nSPS) is 10.4. The Labute approximate surface area is 158 Å². The highest BCUT2D eigenvalue weighted by atomic mass is 79.9. The van der Waals surface area contributed by atoms with Crippen LogP contribution in [0.25, 0.3) is 0 Å². The van der Waals surface area contributed by atoms with E-state index in [-0.39, 0.29) is 12.4 Å². The van der Waals surface area contributed by atoms with E-state index in [1.54, 1.807) is 6.07 Å². The topological polar surface area (TPSA) is 81.2 Å². The number of hydrogen-bond donors (Lipinski definition) is 1. The molecule has 2 rings (SSSR count). The molecule has 1 N–H and O–H groups in total. The highest BCUT2D eigenvalue weighted by Crippen LogP contribution is 2.23. The van der Waals surface area contributed by atoms with Gasteiger partial charge in [0, 0.05) is 15.9 Å². The lowest BCUT2D eigenvalue weighted by Gasteiger charge is -2.09. The molecule has 1 amide bonds. The van der Waals surface area contributed by atoms with Gasteiger partial charge in [0.1, 0.15) is 0 Å². The number of thioether (sulfide) groups is 1. The lowest BCUT2D eigenvalue weighted by atomic mass is 10.2. The van der Waals surface area contributed by atoms with E-state index in [1.807, 2.05) is 39.0 Å². The van der Waals surface area contributed by atoms with Gasteiger partial charge in [-0.3, -0.25) is 9.59 Å². The lowest BCUT2D eigenvalue weighted by Crippen LogP contribution is -2.21. The first-order chi connectivity index (χ1) is 11.8. The second kappa shape index (κ2) is 8.96. The number of halogens is 1. The van der Waals surface area contributed by atoms with Crippen LogP contribution in [0.15, 0.2) is 33.9 Å². The Kier molecular flexibility index (Phi) is 6.95. The summed E-state index contributed by atoms with van der Waals surface area (Å²) in [4.78, 5) is 32.1. The SMILES string of the molecule is Cc1ccc(NC(=O)COC(=O)CSc2nc(C)cc(C)n2)c(Br)c1. The Balaban J connectivity index is 1.78. The fourth-order valence-electron chi connectivity index (χ4n) is 1.98. The molecule has 0 unspecified atom stereocenters. The first kappa shape index (κ1) is 19.4. The third kappa shape index (κ3) is 6.47. The van der Waals surface area contributed by atoms with Gasteiger partial charge < -0.3 is 10.1 Å². The molecule has 0 fully saturated rings. The van der Waals surface area contributed by atoms with Crippen LogP contribution in [0.4, 0.5) is 5.69 Å². The van der Waals surface area contributed by atoms with Gasteiger partial charge in [-0.15, -0.1) is 0 Å². The van der Waals surface area contributed by atoms with Gasteiger partial charge >= 0.3 is 5.97 Å². The molecule has 25 heavy (non-hydrogen) atoms. The molecule has 2 aromatic rings. The summed E-state index contributed by atoms with van der Waals surface area (Å²) in [6.07, 6.45) is 0. The van der Waals surface area contributed by atoms with Gasteiger partial charge in [0.25, 0.3) is 5.91 Å². The van der Waals surface area contributed by atoms with Crippen molar-refractivity contribution in [3.05, 3.63) is 45.7 Å². The van der Waals surface area contributed by atoms with Gasteiger partial charge in [-0.1, -0.05) is 17.8 Å². The zero-order valence-electron chi connectivity index (χ0n) is 14.1. The summed E-state index contributed by atoms with van der Waals surface area (Å²) in [6.45, 7) is 5.35. The van der Waals surface area contributed by atoms with Gasteiger partial charge in [0.15, 0.2) is 11.8 Å². The van der Waals surface area contributed by atoms with Crippen molar-refractivity contribution in [3.8, 4) is 0 Å². The van der Waals surface area contributed by atoms with E-state index in [0.717, 1.165) is 21.4 Å². The minimum absolute atomic E-state index is 0.0460. The summed E-state index contributed by atoms with van der Waals surface area (Å²) in [6, 6.07) is 7.41. The predicted molar refractivity (Wildman–Crippen MR) is 101 cm³/mol. The Bertz CT molecular complexity index is 778. The van der Waals surface area contributed by atoms with Gasteiger partial charge in [0.05, 0.1) is 11.4 Å². The molecule has 0 bridgehead atoms. The van der Waals surface area contributed by atoms with Crippen molar-refractivity contribution in [1.29, 1.82) is 0 Å². The highest BCUT2D eigenvalue weighted by molar-refractivity contribution is 9.10. The molecule has 0 saturated carbocycles. The number of aromatic nitrogens is 2. The van der Waals surface area contributed by atoms with Crippen LogP contribution < -0.4 is 5.32 Å². The molecule has 132 valence electrons. The van der Waals surface area contributed by atoms with E-state index in [2.05, 4.69) is 31.2 Å². The lowest BCUT2D eigenvalue weighted by molar-refractivity contribution is -0.144. The third-order valence-corrected chi connectivity index (χ3v) is 4.52. The van der Waals surface area contributed by atoms with E-state index in [1.165, 1.54) is 11.8 Å². The van der Waals surface area contributed by atoms with Crippen LogP contribution in [0.3, 0.4) is 0 Å². The number of ether oxygens (including phenoxy) is 1. The molecule has 1 aromatic carbocycles. The minimum Gasteiger partial charge on any atom is -0.455 e. The summed E-state index contributed by atoms with van der Waals surface area (Å²) in [7, 11) is 0. The first-order valence-corrected chi connectivity index (χ1v) is 9.28. The van der Waals surface area contributed by atoms with Crippen molar-refractivity contribution < 1.29 is 14.3 Å². The van der Waals surface area contributed by atoms with E-state index < -0.39 is 11.9 Å². The summed E-state index contributed by atoms with van der Waals surface area (Å²) in [5.74, 6) is -0.846. The Morgan fingerprint density at radius 2 is 1.84 bits per heavy atom. The van der Waals surface area contributed by atoms with E-state index >= 15 is 0 Å². The first-order valence-electron chi connectivity index (χ1n) is 7.50.